The number of nitrogens with one attached hydrogen (secondary N) is 2. The van der Waals surface area contributed by atoms with E-state index in [0.717, 1.165) is 44.6 Å². The molecule has 3 rings (SSSR count). The Morgan fingerprint density at radius 2 is 1.72 bits per heavy atom. The summed E-state index contributed by atoms with van der Waals surface area (Å²) in [6.07, 6.45) is 4.11. The Kier molecular flexibility index (Phi) is 13.4. The molecule has 0 aliphatic heterocycles. The number of aromatic nitrogens is 2. The van der Waals surface area contributed by atoms with Crippen LogP contribution in [0.5, 0.6) is 0 Å². The van der Waals surface area contributed by atoms with Crippen molar-refractivity contribution in [3.05, 3.63) is 41.8 Å². The first kappa shape index (κ1) is 32.8. The normalized spacial score (nSPS) is 15.4. The van der Waals surface area contributed by atoms with Crippen molar-refractivity contribution in [2.75, 3.05) is 25.4 Å². The summed E-state index contributed by atoms with van der Waals surface area (Å²) < 4.78 is 5.68. The van der Waals surface area contributed by atoms with Crippen molar-refractivity contribution in [2.24, 2.45) is 5.92 Å². The number of hydrogen-bond acceptors (Lipinski definition) is 8. The number of rotatable bonds is 14. The lowest BCUT2D eigenvalue weighted by atomic mass is 9.80. The number of ketones is 1. The molecular formula is C28H42ClN5O4S. The van der Waals surface area contributed by atoms with E-state index in [1.165, 1.54) is 11.8 Å². The Balaban J connectivity index is 0.00000533. The zero-order valence-electron chi connectivity index (χ0n) is 23.4. The first-order chi connectivity index (χ1) is 18.3. The molecule has 1 fully saturated rings. The Labute approximate surface area is 242 Å². The minimum atomic E-state index is -1.07. The first-order valence-corrected chi connectivity index (χ1v) is 14.7. The van der Waals surface area contributed by atoms with Gasteiger partial charge in [-0.25, -0.2) is 0 Å². The molecule has 9 nitrogen and oxygen atoms in total. The highest BCUT2D eigenvalue weighted by molar-refractivity contribution is 7.99. The molecule has 1 aromatic carbocycles. The number of hydrogen-bond donors (Lipinski definition) is 2. The average molecular weight is 580 g/mol. The quantitative estimate of drug-likeness (QED) is 0.243. The summed E-state index contributed by atoms with van der Waals surface area (Å²) in [5, 5.41) is 14.3. The molecule has 2 amide bonds. The van der Waals surface area contributed by atoms with E-state index in [9.17, 15) is 14.4 Å². The van der Waals surface area contributed by atoms with Gasteiger partial charge < -0.3 is 20.0 Å². The third-order valence-corrected chi connectivity index (χ3v) is 7.80. The second kappa shape index (κ2) is 16.0. The summed E-state index contributed by atoms with van der Waals surface area (Å²) in [4.78, 5) is 42.5. The number of carbonyl (C=O) groups excluding carboxylic acids is 3. The molecule has 0 radical (unpaired) electrons. The van der Waals surface area contributed by atoms with Crippen LogP contribution in [-0.2, 0) is 4.79 Å². The van der Waals surface area contributed by atoms with Crippen molar-refractivity contribution in [1.82, 2.24) is 25.7 Å². The summed E-state index contributed by atoms with van der Waals surface area (Å²) in [6, 6.07) is 8.04. The van der Waals surface area contributed by atoms with Crippen LogP contribution >= 0.6 is 24.2 Å². The molecule has 1 aliphatic rings. The van der Waals surface area contributed by atoms with Gasteiger partial charge >= 0.3 is 0 Å². The van der Waals surface area contributed by atoms with Crippen LogP contribution in [0.2, 0.25) is 0 Å². The molecule has 1 unspecified atom stereocenters. The average Bonchev–Trinajstić information content (AvgIpc) is 3.40. The van der Waals surface area contributed by atoms with Gasteiger partial charge in [0.2, 0.25) is 11.7 Å². The molecule has 0 bridgehead atoms. The highest BCUT2D eigenvalue weighted by atomic mass is 35.5. The number of carbonyl (C=O) groups is 3. The third kappa shape index (κ3) is 9.32. The summed E-state index contributed by atoms with van der Waals surface area (Å²) in [6.45, 7) is 11.0. The van der Waals surface area contributed by atoms with E-state index in [4.69, 9.17) is 4.42 Å². The maximum Gasteiger partial charge on any atom is 0.286 e. The number of nitrogens with zero attached hydrogens (tertiary/aromatic N) is 3. The fourth-order valence-corrected chi connectivity index (χ4v) is 5.52. The number of amides is 2. The van der Waals surface area contributed by atoms with Crippen molar-refractivity contribution >= 4 is 41.8 Å². The lowest BCUT2D eigenvalue weighted by Gasteiger charge is -2.37. The van der Waals surface area contributed by atoms with Gasteiger partial charge in [-0.3, -0.25) is 14.4 Å². The smallest absolute Gasteiger partial charge is 0.286 e. The topological polar surface area (TPSA) is 117 Å². The zero-order chi connectivity index (χ0) is 27.5. The van der Waals surface area contributed by atoms with E-state index in [1.54, 1.807) is 24.3 Å². The van der Waals surface area contributed by atoms with Crippen LogP contribution in [0.25, 0.3) is 0 Å². The van der Waals surface area contributed by atoms with Gasteiger partial charge in [-0.15, -0.1) is 22.6 Å². The van der Waals surface area contributed by atoms with E-state index in [0.29, 0.717) is 30.0 Å². The highest BCUT2D eigenvalue weighted by Gasteiger charge is 2.43. The maximum atomic E-state index is 13.7. The van der Waals surface area contributed by atoms with Crippen molar-refractivity contribution in [3.63, 3.8) is 0 Å². The molecule has 1 heterocycles. The van der Waals surface area contributed by atoms with Crippen LogP contribution < -0.4 is 10.6 Å². The monoisotopic (exact) mass is 579 g/mol. The van der Waals surface area contributed by atoms with Crippen molar-refractivity contribution in [1.29, 1.82) is 0 Å². The molecule has 0 saturated heterocycles. The van der Waals surface area contributed by atoms with Crippen molar-refractivity contribution in [2.45, 2.75) is 83.0 Å². The third-order valence-electron chi connectivity index (χ3n) is 7.00. The van der Waals surface area contributed by atoms with Crippen molar-refractivity contribution < 1.29 is 18.8 Å². The van der Waals surface area contributed by atoms with Gasteiger partial charge in [0.05, 0.1) is 6.04 Å². The molecular weight excluding hydrogens is 538 g/mol. The molecule has 1 atom stereocenters. The van der Waals surface area contributed by atoms with Crippen LogP contribution in [0.15, 0.2) is 40.0 Å². The molecule has 1 aliphatic carbocycles. The predicted molar refractivity (Wildman–Crippen MR) is 155 cm³/mol. The molecule has 1 saturated carbocycles. The molecule has 216 valence electrons. The van der Waals surface area contributed by atoms with E-state index in [2.05, 4.69) is 39.6 Å². The molecule has 11 heteroatoms. The van der Waals surface area contributed by atoms with E-state index in [1.807, 2.05) is 19.9 Å². The number of Topliss-reactive ketones (excluding diaryl/α,β-unsaturated/α-hetero) is 1. The number of thioether (sulfide) groups is 1. The largest absolute Gasteiger partial charge is 0.408 e. The second-order valence-corrected chi connectivity index (χ2v) is 11.3. The van der Waals surface area contributed by atoms with Crippen LogP contribution in [-0.4, -0.2) is 69.7 Å². The lowest BCUT2D eigenvalue weighted by molar-refractivity contribution is -0.129. The van der Waals surface area contributed by atoms with Gasteiger partial charge in [-0.1, -0.05) is 76.9 Å². The fourth-order valence-electron chi connectivity index (χ4n) is 4.76. The minimum Gasteiger partial charge on any atom is -0.408 e. The first-order valence-electron chi connectivity index (χ1n) is 13.7. The summed E-state index contributed by atoms with van der Waals surface area (Å²) in [7, 11) is 0. The lowest BCUT2D eigenvalue weighted by Crippen LogP contribution is -2.62. The van der Waals surface area contributed by atoms with Gasteiger partial charge in [-0.05, 0) is 50.4 Å². The zero-order valence-corrected chi connectivity index (χ0v) is 25.0. The summed E-state index contributed by atoms with van der Waals surface area (Å²) in [5.74, 6) is -0.238. The summed E-state index contributed by atoms with van der Waals surface area (Å²) in [5.41, 5.74) is -0.571. The van der Waals surface area contributed by atoms with E-state index < -0.39 is 17.4 Å². The van der Waals surface area contributed by atoms with Gasteiger partial charge in [-0.2, -0.15) is 0 Å². The number of halogens is 1. The minimum absolute atomic E-state index is 0. The van der Waals surface area contributed by atoms with Gasteiger partial charge in [0.1, 0.15) is 5.54 Å². The molecule has 0 spiro atoms. The standard InChI is InChI=1S/C28H41N5O4S.ClH/c1-5-33(6-2)17-18-38-27-32-31-25(37-27)23(34)22(19-20(3)4)29-26(36)28(15-11-8-12-16-28)30-24(35)21-13-9-7-10-14-21;/h7,9-10,13-14,20,22H,5-6,8,11-12,15-19H2,1-4H3,(H,29,36)(H,30,35);1H. The number of benzene rings is 1. The fraction of sp³-hybridized carbons (Fsp3) is 0.607. The van der Waals surface area contributed by atoms with E-state index >= 15 is 0 Å². The summed E-state index contributed by atoms with van der Waals surface area (Å²) >= 11 is 1.42. The molecule has 2 N–H and O–H groups in total. The Bertz CT molecular complexity index is 1060. The molecule has 1 aromatic heterocycles. The maximum absolute atomic E-state index is 13.7. The van der Waals surface area contributed by atoms with Crippen LogP contribution in [0, 0.1) is 5.92 Å². The van der Waals surface area contributed by atoms with Crippen LogP contribution in [0.3, 0.4) is 0 Å². The molecule has 39 heavy (non-hydrogen) atoms. The van der Waals surface area contributed by atoms with Crippen molar-refractivity contribution in [3.8, 4) is 0 Å². The predicted octanol–water partition coefficient (Wildman–Crippen LogP) is 4.77. The molecule has 2 aromatic rings. The van der Waals surface area contributed by atoms with Gasteiger partial charge in [0.15, 0.2) is 0 Å². The van der Waals surface area contributed by atoms with Crippen LogP contribution in [0.1, 0.15) is 87.3 Å². The Morgan fingerprint density at radius 3 is 2.33 bits per heavy atom. The Morgan fingerprint density at radius 1 is 1.05 bits per heavy atom. The van der Waals surface area contributed by atoms with Gasteiger partial charge in [0.25, 0.3) is 17.0 Å². The van der Waals surface area contributed by atoms with Gasteiger partial charge in [0, 0.05) is 17.9 Å². The SMILES string of the molecule is CCN(CC)CCSc1nnc(C(=O)C(CC(C)C)NC(=O)C2(NC(=O)c3ccccc3)CCCCC2)o1.Cl. The second-order valence-electron chi connectivity index (χ2n) is 10.2. The Hall–Kier alpha value is -2.43. The van der Waals surface area contributed by atoms with E-state index in [-0.39, 0.29) is 36.0 Å². The van der Waals surface area contributed by atoms with Crippen LogP contribution in [0.4, 0.5) is 0 Å². The highest BCUT2D eigenvalue weighted by Crippen LogP contribution is 2.30.